The van der Waals surface area contributed by atoms with Crippen molar-refractivity contribution in [1.29, 1.82) is 0 Å². The molecule has 0 spiro atoms. The Morgan fingerprint density at radius 2 is 1.48 bits per heavy atom. The molecule has 1 heterocycles. The largest absolute Gasteiger partial charge is 0.508 e. The summed E-state index contributed by atoms with van der Waals surface area (Å²) >= 11 is 0. The van der Waals surface area contributed by atoms with Gasteiger partial charge in [0.25, 0.3) is 0 Å². The first kappa shape index (κ1) is 20.0. The molecule has 4 rings (SSSR count). The molecule has 2 atom stereocenters. The van der Waals surface area contributed by atoms with Gasteiger partial charge in [0.05, 0.1) is 5.56 Å². The number of carbonyl (C=O) groups is 1. The van der Waals surface area contributed by atoms with Gasteiger partial charge in [-0.25, -0.2) is 4.79 Å². The standard InChI is InChI=1S/C22H18O9/c23-12-7-16(26)13-9-20(31-22(29)11-2-4-15(25)18(28)6-11)21(30-19(13)8-12)10-1-3-14(24)17(27)5-10/h1-8,20-21,23-28H,9H2. The molecule has 9 nitrogen and oxygen atoms in total. The van der Waals surface area contributed by atoms with Crippen LogP contribution >= 0.6 is 0 Å². The van der Waals surface area contributed by atoms with Gasteiger partial charge in [0.2, 0.25) is 0 Å². The lowest BCUT2D eigenvalue weighted by atomic mass is 9.93. The fourth-order valence-electron chi connectivity index (χ4n) is 3.41. The van der Waals surface area contributed by atoms with E-state index >= 15 is 0 Å². The van der Waals surface area contributed by atoms with Gasteiger partial charge in [0, 0.05) is 29.7 Å². The fourth-order valence-corrected chi connectivity index (χ4v) is 3.41. The maximum absolute atomic E-state index is 12.7. The zero-order valence-corrected chi connectivity index (χ0v) is 15.9. The third-order valence-electron chi connectivity index (χ3n) is 4.96. The van der Waals surface area contributed by atoms with Gasteiger partial charge in [0.1, 0.15) is 23.4 Å². The number of esters is 1. The Morgan fingerprint density at radius 3 is 2.16 bits per heavy atom. The highest BCUT2D eigenvalue weighted by Gasteiger charge is 2.36. The lowest BCUT2D eigenvalue weighted by molar-refractivity contribution is -0.0188. The van der Waals surface area contributed by atoms with Crippen LogP contribution in [0.15, 0.2) is 48.5 Å². The van der Waals surface area contributed by atoms with Crippen molar-refractivity contribution >= 4 is 5.97 Å². The van der Waals surface area contributed by atoms with Crippen LogP contribution in [-0.4, -0.2) is 42.7 Å². The molecule has 6 N–H and O–H groups in total. The minimum Gasteiger partial charge on any atom is -0.508 e. The first-order chi connectivity index (χ1) is 14.7. The van der Waals surface area contributed by atoms with E-state index < -0.39 is 35.4 Å². The number of hydrogen-bond acceptors (Lipinski definition) is 9. The topological polar surface area (TPSA) is 157 Å². The number of hydrogen-bond donors (Lipinski definition) is 6. The second-order valence-electron chi connectivity index (χ2n) is 7.08. The molecule has 160 valence electrons. The van der Waals surface area contributed by atoms with E-state index in [2.05, 4.69) is 0 Å². The number of carbonyl (C=O) groups excluding carboxylic acids is 1. The highest BCUT2D eigenvalue weighted by Crippen LogP contribution is 2.44. The van der Waals surface area contributed by atoms with E-state index in [9.17, 15) is 35.4 Å². The molecule has 0 aliphatic carbocycles. The number of fused-ring (bicyclic) bond motifs is 1. The van der Waals surface area contributed by atoms with Crippen molar-refractivity contribution in [3.63, 3.8) is 0 Å². The van der Waals surface area contributed by atoms with Crippen LogP contribution in [0.4, 0.5) is 0 Å². The molecular weight excluding hydrogens is 408 g/mol. The van der Waals surface area contributed by atoms with Crippen molar-refractivity contribution in [2.24, 2.45) is 0 Å². The van der Waals surface area contributed by atoms with Crippen LogP contribution in [0.3, 0.4) is 0 Å². The Labute approximate surface area is 175 Å². The van der Waals surface area contributed by atoms with Gasteiger partial charge in [0.15, 0.2) is 29.1 Å². The van der Waals surface area contributed by atoms with Crippen molar-refractivity contribution in [2.45, 2.75) is 18.6 Å². The predicted molar refractivity (Wildman–Crippen MR) is 106 cm³/mol. The van der Waals surface area contributed by atoms with Gasteiger partial charge in [-0.2, -0.15) is 0 Å². The van der Waals surface area contributed by atoms with E-state index in [1.165, 1.54) is 30.3 Å². The first-order valence-electron chi connectivity index (χ1n) is 9.19. The van der Waals surface area contributed by atoms with Crippen LogP contribution in [0, 0.1) is 0 Å². The Balaban J connectivity index is 1.71. The van der Waals surface area contributed by atoms with Crippen molar-refractivity contribution in [2.75, 3.05) is 0 Å². The second kappa shape index (κ2) is 7.52. The molecule has 0 aromatic heterocycles. The zero-order valence-electron chi connectivity index (χ0n) is 15.9. The highest BCUT2D eigenvalue weighted by atomic mass is 16.6. The Kier molecular flexibility index (Phi) is 4.86. The number of aromatic hydroxyl groups is 6. The molecule has 3 aromatic rings. The van der Waals surface area contributed by atoms with Gasteiger partial charge < -0.3 is 40.1 Å². The predicted octanol–water partition coefficient (Wildman–Crippen LogP) is 2.82. The molecular formula is C22H18O9. The summed E-state index contributed by atoms with van der Waals surface area (Å²) in [7, 11) is 0. The highest BCUT2D eigenvalue weighted by molar-refractivity contribution is 5.90. The Bertz CT molecular complexity index is 1170. The van der Waals surface area contributed by atoms with Crippen molar-refractivity contribution in [1.82, 2.24) is 0 Å². The maximum atomic E-state index is 12.7. The smallest absolute Gasteiger partial charge is 0.338 e. The molecule has 0 saturated heterocycles. The summed E-state index contributed by atoms with van der Waals surface area (Å²) in [5.74, 6) is -2.75. The summed E-state index contributed by atoms with van der Waals surface area (Å²) < 4.78 is 11.5. The Hall–Kier alpha value is -4.27. The molecule has 0 saturated carbocycles. The molecule has 1 aliphatic heterocycles. The normalized spacial score (nSPS) is 17.4. The van der Waals surface area contributed by atoms with Crippen LogP contribution in [0.25, 0.3) is 0 Å². The van der Waals surface area contributed by atoms with E-state index in [1.54, 1.807) is 0 Å². The minimum atomic E-state index is -0.977. The third-order valence-corrected chi connectivity index (χ3v) is 4.96. The lowest BCUT2D eigenvalue weighted by Crippen LogP contribution is -2.34. The van der Waals surface area contributed by atoms with Crippen LogP contribution in [0.5, 0.6) is 40.2 Å². The molecule has 2 unspecified atom stereocenters. The minimum absolute atomic E-state index is 0.0174. The van der Waals surface area contributed by atoms with Gasteiger partial charge in [-0.1, -0.05) is 6.07 Å². The quantitative estimate of drug-likeness (QED) is 0.274. The third kappa shape index (κ3) is 3.80. The van der Waals surface area contributed by atoms with Gasteiger partial charge in [-0.3, -0.25) is 0 Å². The monoisotopic (exact) mass is 426 g/mol. The van der Waals surface area contributed by atoms with E-state index in [0.29, 0.717) is 11.1 Å². The van der Waals surface area contributed by atoms with E-state index in [4.69, 9.17) is 9.47 Å². The summed E-state index contributed by atoms with van der Waals surface area (Å²) in [6.07, 6.45) is -1.91. The van der Waals surface area contributed by atoms with E-state index in [0.717, 1.165) is 18.2 Å². The average Bonchev–Trinajstić information content (AvgIpc) is 2.72. The lowest BCUT2D eigenvalue weighted by Gasteiger charge is -2.34. The van der Waals surface area contributed by atoms with Crippen LogP contribution in [-0.2, 0) is 11.2 Å². The molecule has 0 radical (unpaired) electrons. The van der Waals surface area contributed by atoms with Crippen molar-refractivity contribution in [3.05, 3.63) is 65.2 Å². The maximum Gasteiger partial charge on any atom is 0.338 e. The number of rotatable bonds is 3. The molecule has 31 heavy (non-hydrogen) atoms. The molecule has 0 fully saturated rings. The van der Waals surface area contributed by atoms with Crippen LogP contribution in [0.2, 0.25) is 0 Å². The molecule has 3 aromatic carbocycles. The van der Waals surface area contributed by atoms with E-state index in [1.807, 2.05) is 0 Å². The van der Waals surface area contributed by atoms with Gasteiger partial charge in [-0.05, 0) is 30.3 Å². The number of phenols is 6. The number of benzene rings is 3. The first-order valence-corrected chi connectivity index (χ1v) is 9.19. The van der Waals surface area contributed by atoms with Crippen molar-refractivity contribution in [3.8, 4) is 40.2 Å². The molecule has 1 aliphatic rings. The summed E-state index contributed by atoms with van der Waals surface area (Å²) in [5, 5.41) is 58.5. The van der Waals surface area contributed by atoms with Crippen LogP contribution in [0.1, 0.15) is 27.6 Å². The average molecular weight is 426 g/mol. The zero-order chi connectivity index (χ0) is 22.3. The van der Waals surface area contributed by atoms with Gasteiger partial charge >= 0.3 is 5.97 Å². The number of ether oxygens (including phenoxy) is 2. The summed E-state index contributed by atoms with van der Waals surface area (Å²) in [4.78, 5) is 12.7. The van der Waals surface area contributed by atoms with Gasteiger partial charge in [-0.15, -0.1) is 0 Å². The van der Waals surface area contributed by atoms with Crippen LogP contribution < -0.4 is 4.74 Å². The summed E-state index contributed by atoms with van der Waals surface area (Å²) in [6.45, 7) is 0. The molecule has 9 heteroatoms. The van der Waals surface area contributed by atoms with E-state index in [-0.39, 0.29) is 35.0 Å². The van der Waals surface area contributed by atoms with Crippen molar-refractivity contribution < 1.29 is 44.9 Å². The summed E-state index contributed by atoms with van der Waals surface area (Å²) in [6, 6.07) is 9.87. The second-order valence-corrected chi connectivity index (χ2v) is 7.08. The molecule has 0 bridgehead atoms. The number of phenolic OH excluding ortho intramolecular Hbond substituents is 6. The summed E-state index contributed by atoms with van der Waals surface area (Å²) in [5.41, 5.74) is 0.655. The fraction of sp³-hybridized carbons (Fsp3) is 0.136. The Morgan fingerprint density at radius 1 is 0.806 bits per heavy atom. The SMILES string of the molecule is O=C(OC1Cc2c(O)cc(O)cc2OC1c1ccc(O)c(O)c1)c1ccc(O)c(O)c1. The molecule has 0 amide bonds.